The molecule has 4 rings (SSSR count). The van der Waals surface area contributed by atoms with Gasteiger partial charge in [0, 0.05) is 44.8 Å². The standard InChI is InChI=1S/C26H34FN3O2/c1-20-17-30(21(2)16-29(20)18-22-10-12-23(27)13-11-22)26(31)19-32-25-9-5-4-8-24(25)28-14-6-3-7-15-28/h4-5,8-13,20-21H,3,6-7,14-19H2,1-2H3/t20-,21+/m0/s1. The number of anilines is 1. The molecular formula is C26H34FN3O2. The van der Waals surface area contributed by atoms with Crippen LogP contribution in [0.15, 0.2) is 48.5 Å². The lowest BCUT2D eigenvalue weighted by molar-refractivity contribution is -0.139. The highest BCUT2D eigenvalue weighted by molar-refractivity contribution is 5.78. The van der Waals surface area contributed by atoms with Crippen molar-refractivity contribution in [2.75, 3.05) is 37.7 Å². The number of benzene rings is 2. The van der Waals surface area contributed by atoms with Crippen LogP contribution < -0.4 is 9.64 Å². The number of rotatable bonds is 6. The lowest BCUT2D eigenvalue weighted by atomic mass is 10.1. The van der Waals surface area contributed by atoms with Crippen molar-refractivity contribution in [2.45, 2.75) is 51.7 Å². The highest BCUT2D eigenvalue weighted by atomic mass is 19.1. The molecule has 2 atom stereocenters. The zero-order valence-electron chi connectivity index (χ0n) is 19.2. The van der Waals surface area contributed by atoms with Crippen molar-refractivity contribution in [3.63, 3.8) is 0 Å². The molecular weight excluding hydrogens is 405 g/mol. The number of hydrogen-bond acceptors (Lipinski definition) is 4. The average molecular weight is 440 g/mol. The van der Waals surface area contributed by atoms with Crippen LogP contribution in [0.3, 0.4) is 0 Å². The van der Waals surface area contributed by atoms with Crippen LogP contribution in [-0.2, 0) is 11.3 Å². The minimum Gasteiger partial charge on any atom is -0.482 e. The molecule has 5 nitrogen and oxygen atoms in total. The minimum absolute atomic E-state index is 0.0271. The molecule has 0 unspecified atom stereocenters. The summed E-state index contributed by atoms with van der Waals surface area (Å²) in [6.07, 6.45) is 3.68. The summed E-state index contributed by atoms with van der Waals surface area (Å²) in [6, 6.07) is 15.0. The van der Waals surface area contributed by atoms with Gasteiger partial charge in [0.05, 0.1) is 5.69 Å². The van der Waals surface area contributed by atoms with E-state index in [0.717, 1.165) is 43.2 Å². The lowest BCUT2D eigenvalue weighted by Crippen LogP contribution is -2.58. The van der Waals surface area contributed by atoms with E-state index in [-0.39, 0.29) is 30.4 Å². The number of carbonyl (C=O) groups excluding carboxylic acids is 1. The van der Waals surface area contributed by atoms with Gasteiger partial charge in [0.1, 0.15) is 11.6 Å². The first kappa shape index (κ1) is 22.6. The maximum Gasteiger partial charge on any atom is 0.260 e. The zero-order valence-corrected chi connectivity index (χ0v) is 19.2. The van der Waals surface area contributed by atoms with Crippen molar-refractivity contribution in [2.24, 2.45) is 0 Å². The van der Waals surface area contributed by atoms with Gasteiger partial charge in [-0.25, -0.2) is 4.39 Å². The predicted octanol–water partition coefficient (Wildman–Crippen LogP) is 4.32. The Morgan fingerprint density at radius 1 is 0.969 bits per heavy atom. The van der Waals surface area contributed by atoms with Crippen molar-refractivity contribution < 1.29 is 13.9 Å². The number of piperidine rings is 1. The van der Waals surface area contributed by atoms with Crippen molar-refractivity contribution >= 4 is 11.6 Å². The van der Waals surface area contributed by atoms with Crippen LogP contribution in [-0.4, -0.2) is 60.6 Å². The number of ether oxygens (including phenoxy) is 1. The van der Waals surface area contributed by atoms with Gasteiger partial charge in [-0.05, 0) is 62.9 Å². The number of nitrogens with zero attached hydrogens (tertiary/aromatic N) is 3. The van der Waals surface area contributed by atoms with Gasteiger partial charge in [0.25, 0.3) is 5.91 Å². The maximum atomic E-state index is 13.2. The van der Waals surface area contributed by atoms with Crippen LogP contribution in [0.2, 0.25) is 0 Å². The van der Waals surface area contributed by atoms with E-state index >= 15 is 0 Å². The molecule has 2 aliphatic heterocycles. The van der Waals surface area contributed by atoms with Gasteiger partial charge in [0.2, 0.25) is 0 Å². The molecule has 2 aromatic carbocycles. The summed E-state index contributed by atoms with van der Waals surface area (Å²) in [6.45, 7) is 8.57. The third-order valence-electron chi connectivity index (χ3n) is 6.65. The average Bonchev–Trinajstić information content (AvgIpc) is 2.82. The Morgan fingerprint density at radius 2 is 1.69 bits per heavy atom. The van der Waals surface area contributed by atoms with Crippen LogP contribution in [0.5, 0.6) is 5.75 Å². The van der Waals surface area contributed by atoms with Gasteiger partial charge in [-0.15, -0.1) is 0 Å². The number of piperazine rings is 1. The molecule has 6 heteroatoms. The summed E-state index contributed by atoms with van der Waals surface area (Å²) in [5, 5.41) is 0. The fraction of sp³-hybridized carbons (Fsp3) is 0.500. The van der Waals surface area contributed by atoms with Crippen molar-refractivity contribution in [1.82, 2.24) is 9.80 Å². The monoisotopic (exact) mass is 439 g/mol. The number of para-hydroxylation sites is 2. The zero-order chi connectivity index (χ0) is 22.5. The minimum atomic E-state index is -0.215. The number of amides is 1. The smallest absolute Gasteiger partial charge is 0.260 e. The Morgan fingerprint density at radius 3 is 2.44 bits per heavy atom. The molecule has 0 aromatic heterocycles. The van der Waals surface area contributed by atoms with E-state index < -0.39 is 0 Å². The summed E-state index contributed by atoms with van der Waals surface area (Å²) in [5.74, 6) is 0.602. The molecule has 0 radical (unpaired) electrons. The van der Waals surface area contributed by atoms with Crippen LogP contribution in [0.1, 0.15) is 38.7 Å². The van der Waals surface area contributed by atoms with E-state index in [1.165, 1.54) is 31.4 Å². The summed E-state index contributed by atoms with van der Waals surface area (Å²) in [4.78, 5) is 19.7. The molecule has 1 amide bonds. The van der Waals surface area contributed by atoms with Crippen LogP contribution in [0.25, 0.3) is 0 Å². The topological polar surface area (TPSA) is 36.0 Å². The Labute approximate surface area is 190 Å². The third-order valence-corrected chi connectivity index (χ3v) is 6.65. The second kappa shape index (κ2) is 10.3. The Kier molecular flexibility index (Phi) is 7.30. The molecule has 2 heterocycles. The fourth-order valence-electron chi connectivity index (χ4n) is 4.79. The Hall–Kier alpha value is -2.60. The number of hydrogen-bond donors (Lipinski definition) is 0. The molecule has 172 valence electrons. The molecule has 32 heavy (non-hydrogen) atoms. The van der Waals surface area contributed by atoms with E-state index in [4.69, 9.17) is 4.74 Å². The molecule has 2 saturated heterocycles. The van der Waals surface area contributed by atoms with Crippen LogP contribution in [0, 0.1) is 5.82 Å². The van der Waals surface area contributed by atoms with Crippen molar-refractivity contribution in [3.05, 3.63) is 59.9 Å². The molecule has 0 aliphatic carbocycles. The first-order valence-corrected chi connectivity index (χ1v) is 11.8. The third kappa shape index (κ3) is 5.41. The SMILES string of the molecule is C[C@@H]1CN(Cc2ccc(F)cc2)[C@@H](C)CN1C(=O)COc1ccccc1N1CCCCC1. The molecule has 0 spiro atoms. The van der Waals surface area contributed by atoms with Gasteiger partial charge >= 0.3 is 0 Å². The van der Waals surface area contributed by atoms with Gasteiger partial charge < -0.3 is 14.5 Å². The lowest BCUT2D eigenvalue weighted by Gasteiger charge is -2.44. The van der Waals surface area contributed by atoms with E-state index in [1.807, 2.05) is 35.2 Å². The second-order valence-corrected chi connectivity index (χ2v) is 9.10. The quantitative estimate of drug-likeness (QED) is 0.672. The van der Waals surface area contributed by atoms with Crippen LogP contribution >= 0.6 is 0 Å². The Balaban J connectivity index is 1.34. The first-order valence-electron chi connectivity index (χ1n) is 11.8. The predicted molar refractivity (Wildman–Crippen MR) is 125 cm³/mol. The first-order chi connectivity index (χ1) is 15.5. The summed E-state index contributed by atoms with van der Waals surface area (Å²) in [7, 11) is 0. The van der Waals surface area contributed by atoms with Gasteiger partial charge in [-0.2, -0.15) is 0 Å². The van der Waals surface area contributed by atoms with Crippen LogP contribution in [0.4, 0.5) is 10.1 Å². The normalized spacial score (nSPS) is 22.1. The fourth-order valence-corrected chi connectivity index (χ4v) is 4.79. The van der Waals surface area contributed by atoms with E-state index in [1.54, 1.807) is 0 Å². The maximum absolute atomic E-state index is 13.2. The van der Waals surface area contributed by atoms with E-state index in [9.17, 15) is 9.18 Å². The molecule has 0 bridgehead atoms. The number of carbonyl (C=O) groups is 1. The summed E-state index contributed by atoms with van der Waals surface area (Å²) >= 11 is 0. The molecule has 2 aliphatic rings. The molecule has 2 aromatic rings. The highest BCUT2D eigenvalue weighted by Gasteiger charge is 2.32. The van der Waals surface area contributed by atoms with Crippen molar-refractivity contribution in [3.8, 4) is 5.75 Å². The molecule has 0 N–H and O–H groups in total. The summed E-state index contributed by atoms with van der Waals surface area (Å²) < 4.78 is 19.2. The summed E-state index contributed by atoms with van der Waals surface area (Å²) in [5.41, 5.74) is 2.17. The van der Waals surface area contributed by atoms with Gasteiger partial charge in [-0.3, -0.25) is 9.69 Å². The van der Waals surface area contributed by atoms with E-state index in [2.05, 4.69) is 29.7 Å². The molecule has 2 fully saturated rings. The highest BCUT2D eigenvalue weighted by Crippen LogP contribution is 2.30. The Bertz CT molecular complexity index is 898. The van der Waals surface area contributed by atoms with Gasteiger partial charge in [0.15, 0.2) is 6.61 Å². The van der Waals surface area contributed by atoms with E-state index in [0.29, 0.717) is 6.54 Å². The second-order valence-electron chi connectivity index (χ2n) is 9.10. The van der Waals surface area contributed by atoms with Gasteiger partial charge in [-0.1, -0.05) is 24.3 Å². The number of halogens is 1. The molecule has 0 saturated carbocycles. The van der Waals surface area contributed by atoms with Crippen molar-refractivity contribution in [1.29, 1.82) is 0 Å². The largest absolute Gasteiger partial charge is 0.482 e.